The molecule has 2 heterocycles. The van der Waals surface area contributed by atoms with Crippen molar-refractivity contribution in [3.63, 3.8) is 0 Å². The van der Waals surface area contributed by atoms with Gasteiger partial charge in [-0.15, -0.1) is 0 Å². The largest absolute Gasteiger partial charge is 0.243 e. The fourth-order valence-corrected chi connectivity index (χ4v) is 4.45. The van der Waals surface area contributed by atoms with Crippen LogP contribution in [0.3, 0.4) is 0 Å². The van der Waals surface area contributed by atoms with E-state index < -0.39 is 10.0 Å². The molecule has 2 aromatic rings. The molecule has 0 N–H and O–H groups in total. The summed E-state index contributed by atoms with van der Waals surface area (Å²) in [7, 11) is -3.48. The Morgan fingerprint density at radius 2 is 1.95 bits per heavy atom. The summed E-state index contributed by atoms with van der Waals surface area (Å²) in [6.45, 7) is 6.44. The van der Waals surface area contributed by atoms with E-state index in [1.807, 2.05) is 32.9 Å². The number of benzene rings is 1. The van der Waals surface area contributed by atoms with Crippen LogP contribution in [0, 0.1) is 20.8 Å². The maximum Gasteiger partial charge on any atom is 0.243 e. The molecule has 0 radical (unpaired) electrons. The molecule has 1 aliphatic heterocycles. The highest BCUT2D eigenvalue weighted by atomic mass is 32.2. The molecule has 6 heteroatoms. The van der Waals surface area contributed by atoms with Crippen LogP contribution in [0.4, 0.5) is 0 Å². The average Bonchev–Trinajstić information content (AvgIpc) is 2.46. The van der Waals surface area contributed by atoms with Gasteiger partial charge in [-0.05, 0) is 32.4 Å². The van der Waals surface area contributed by atoms with Gasteiger partial charge in [-0.1, -0.05) is 17.7 Å². The molecule has 1 aliphatic rings. The summed E-state index contributed by atoms with van der Waals surface area (Å²) >= 11 is 0. The van der Waals surface area contributed by atoms with E-state index in [4.69, 9.17) is 0 Å². The van der Waals surface area contributed by atoms with Gasteiger partial charge >= 0.3 is 0 Å². The second kappa shape index (κ2) is 5.44. The number of aromatic nitrogens is 2. The quantitative estimate of drug-likeness (QED) is 0.851. The summed E-state index contributed by atoms with van der Waals surface area (Å²) in [5.74, 6) is 0.726. The van der Waals surface area contributed by atoms with Gasteiger partial charge in [-0.2, -0.15) is 4.31 Å². The zero-order valence-electron chi connectivity index (χ0n) is 13.0. The van der Waals surface area contributed by atoms with Crippen LogP contribution < -0.4 is 0 Å². The molecular formula is C16H19N3O2S. The van der Waals surface area contributed by atoms with Gasteiger partial charge in [0, 0.05) is 37.0 Å². The number of nitrogens with zero attached hydrogens (tertiary/aromatic N) is 3. The van der Waals surface area contributed by atoms with Crippen molar-refractivity contribution in [1.29, 1.82) is 0 Å². The first-order chi connectivity index (χ1) is 10.4. The lowest BCUT2D eigenvalue weighted by molar-refractivity contribution is 0.386. The Bertz CT molecular complexity index is 831. The molecule has 0 bridgehead atoms. The first kappa shape index (κ1) is 15.1. The molecule has 0 spiro atoms. The van der Waals surface area contributed by atoms with Crippen LogP contribution in [0.5, 0.6) is 0 Å². The zero-order valence-corrected chi connectivity index (χ0v) is 13.8. The van der Waals surface area contributed by atoms with E-state index in [0.717, 1.165) is 28.2 Å². The van der Waals surface area contributed by atoms with Crippen LogP contribution in [-0.2, 0) is 23.0 Å². The Hall–Kier alpha value is -1.79. The third-order valence-electron chi connectivity index (χ3n) is 3.97. The number of sulfonamides is 1. The van der Waals surface area contributed by atoms with Crippen molar-refractivity contribution < 1.29 is 8.42 Å². The monoisotopic (exact) mass is 317 g/mol. The lowest BCUT2D eigenvalue weighted by Gasteiger charge is -2.28. The second-order valence-electron chi connectivity index (χ2n) is 5.75. The van der Waals surface area contributed by atoms with E-state index in [2.05, 4.69) is 9.97 Å². The topological polar surface area (TPSA) is 63.2 Å². The third kappa shape index (κ3) is 2.64. The van der Waals surface area contributed by atoms with Crippen molar-refractivity contribution in [2.45, 2.75) is 38.6 Å². The molecule has 0 saturated carbocycles. The zero-order chi connectivity index (χ0) is 15.9. The summed E-state index contributed by atoms with van der Waals surface area (Å²) in [6.07, 6.45) is 2.37. The minimum Gasteiger partial charge on any atom is -0.241 e. The minimum atomic E-state index is -3.48. The van der Waals surface area contributed by atoms with Crippen LogP contribution in [0.25, 0.3) is 0 Å². The predicted octanol–water partition coefficient (Wildman–Crippen LogP) is 2.15. The van der Waals surface area contributed by atoms with E-state index in [1.165, 1.54) is 4.31 Å². The van der Waals surface area contributed by atoms with Crippen LogP contribution in [-0.4, -0.2) is 29.2 Å². The van der Waals surface area contributed by atoms with Crippen molar-refractivity contribution in [2.75, 3.05) is 6.54 Å². The van der Waals surface area contributed by atoms with Crippen LogP contribution >= 0.6 is 0 Å². The Labute approximate surface area is 131 Å². The molecule has 0 unspecified atom stereocenters. The molecule has 0 fully saturated rings. The number of aryl methyl sites for hydroxylation is 3. The Morgan fingerprint density at radius 1 is 1.18 bits per heavy atom. The number of rotatable bonds is 2. The SMILES string of the molecule is Cc1ccc(S(=O)(=O)N2CCc3nc(C)ncc3C2)c(C)c1. The molecule has 0 saturated heterocycles. The summed E-state index contributed by atoms with van der Waals surface area (Å²) in [5, 5.41) is 0. The summed E-state index contributed by atoms with van der Waals surface area (Å²) in [4.78, 5) is 8.96. The second-order valence-corrected chi connectivity index (χ2v) is 7.65. The van der Waals surface area contributed by atoms with E-state index in [1.54, 1.807) is 12.3 Å². The van der Waals surface area contributed by atoms with Gasteiger partial charge < -0.3 is 0 Å². The molecule has 0 amide bonds. The van der Waals surface area contributed by atoms with E-state index in [-0.39, 0.29) is 0 Å². The molecule has 3 rings (SSSR count). The van der Waals surface area contributed by atoms with Crippen LogP contribution in [0.2, 0.25) is 0 Å². The molecule has 0 atom stereocenters. The first-order valence-corrected chi connectivity index (χ1v) is 8.71. The summed E-state index contributed by atoms with van der Waals surface area (Å²) in [5.41, 5.74) is 3.69. The standard InChI is InChI=1S/C16H19N3O2S/c1-11-4-5-16(12(2)8-11)22(20,21)19-7-6-15-14(10-19)9-17-13(3)18-15/h4-5,8-9H,6-7,10H2,1-3H3. The highest BCUT2D eigenvalue weighted by Crippen LogP contribution is 2.26. The highest BCUT2D eigenvalue weighted by molar-refractivity contribution is 7.89. The maximum absolute atomic E-state index is 12.9. The van der Waals surface area contributed by atoms with E-state index in [0.29, 0.717) is 24.4 Å². The van der Waals surface area contributed by atoms with Gasteiger partial charge in [0.1, 0.15) is 5.82 Å². The van der Waals surface area contributed by atoms with Crippen molar-refractivity contribution in [3.8, 4) is 0 Å². The van der Waals surface area contributed by atoms with Crippen molar-refractivity contribution in [3.05, 3.63) is 52.6 Å². The van der Waals surface area contributed by atoms with Gasteiger partial charge in [0.05, 0.1) is 4.90 Å². The normalized spacial score (nSPS) is 15.6. The van der Waals surface area contributed by atoms with Gasteiger partial charge in [0.2, 0.25) is 10.0 Å². The molecule has 5 nitrogen and oxygen atoms in total. The lowest BCUT2D eigenvalue weighted by Crippen LogP contribution is -2.36. The third-order valence-corrected chi connectivity index (χ3v) is 5.97. The molecule has 0 aliphatic carbocycles. The van der Waals surface area contributed by atoms with Crippen LogP contribution in [0.15, 0.2) is 29.3 Å². The number of hydrogen-bond acceptors (Lipinski definition) is 4. The number of hydrogen-bond donors (Lipinski definition) is 0. The van der Waals surface area contributed by atoms with Gasteiger partial charge in [0.25, 0.3) is 0 Å². The molecule has 1 aromatic carbocycles. The summed E-state index contributed by atoms with van der Waals surface area (Å²) < 4.78 is 27.3. The van der Waals surface area contributed by atoms with Gasteiger partial charge in [-0.25, -0.2) is 18.4 Å². The molecule has 116 valence electrons. The van der Waals surface area contributed by atoms with E-state index >= 15 is 0 Å². The number of fused-ring (bicyclic) bond motifs is 1. The Balaban J connectivity index is 1.96. The Morgan fingerprint density at radius 3 is 2.68 bits per heavy atom. The van der Waals surface area contributed by atoms with Crippen molar-refractivity contribution in [1.82, 2.24) is 14.3 Å². The smallest absolute Gasteiger partial charge is 0.241 e. The first-order valence-electron chi connectivity index (χ1n) is 7.27. The lowest BCUT2D eigenvalue weighted by atomic mass is 10.1. The molecular weight excluding hydrogens is 298 g/mol. The fraction of sp³-hybridized carbons (Fsp3) is 0.375. The fourth-order valence-electron chi connectivity index (χ4n) is 2.82. The molecule has 22 heavy (non-hydrogen) atoms. The van der Waals surface area contributed by atoms with Crippen molar-refractivity contribution >= 4 is 10.0 Å². The predicted molar refractivity (Wildman–Crippen MR) is 84.0 cm³/mol. The van der Waals surface area contributed by atoms with Crippen LogP contribution in [0.1, 0.15) is 28.2 Å². The Kier molecular flexibility index (Phi) is 3.74. The average molecular weight is 317 g/mol. The minimum absolute atomic E-state index is 0.339. The highest BCUT2D eigenvalue weighted by Gasteiger charge is 2.30. The molecule has 1 aromatic heterocycles. The van der Waals surface area contributed by atoms with Gasteiger partial charge in [-0.3, -0.25) is 0 Å². The van der Waals surface area contributed by atoms with Gasteiger partial charge in [0.15, 0.2) is 0 Å². The summed E-state index contributed by atoms with van der Waals surface area (Å²) in [6, 6.07) is 5.43. The van der Waals surface area contributed by atoms with E-state index in [9.17, 15) is 8.42 Å². The van der Waals surface area contributed by atoms with Crippen molar-refractivity contribution in [2.24, 2.45) is 0 Å². The maximum atomic E-state index is 12.9.